The van der Waals surface area contributed by atoms with Gasteiger partial charge < -0.3 is 4.74 Å². The van der Waals surface area contributed by atoms with Gasteiger partial charge >= 0.3 is 0 Å². The number of ether oxygens (including phenoxy) is 1. The Balaban J connectivity index is 1.52. The summed E-state index contributed by atoms with van der Waals surface area (Å²) in [5, 5.41) is 0. The Morgan fingerprint density at radius 1 is 1.20 bits per heavy atom. The smallest absolute Gasteiger partial charge is 0.155 e. The summed E-state index contributed by atoms with van der Waals surface area (Å²) in [5.74, 6) is 4.16. The molecule has 136 valence electrons. The highest BCUT2D eigenvalue weighted by Crippen LogP contribution is 2.69. The van der Waals surface area contributed by atoms with Gasteiger partial charge in [0, 0.05) is 11.8 Å². The van der Waals surface area contributed by atoms with E-state index in [1.54, 1.807) is 0 Å². The lowest BCUT2D eigenvalue weighted by Crippen LogP contribution is -2.55. The number of allylic oxidation sites excluding steroid dienone is 1. The van der Waals surface area contributed by atoms with Crippen LogP contribution in [0, 0.1) is 35.0 Å². The number of ketones is 1. The Bertz CT molecular complexity index is 661. The third-order valence-electron chi connectivity index (χ3n) is 9.04. The summed E-state index contributed by atoms with van der Waals surface area (Å²) in [6, 6.07) is 0. The lowest BCUT2D eigenvalue weighted by Gasteiger charge is -2.58. The number of carbonyl (C=O) groups is 1. The van der Waals surface area contributed by atoms with E-state index in [2.05, 4.69) is 20.4 Å². The number of carbonyl (C=O) groups excluding carboxylic acids is 1. The number of hydrogen-bond donors (Lipinski definition) is 0. The summed E-state index contributed by atoms with van der Waals surface area (Å²) in [6.07, 6.45) is 11.2. The first-order valence-corrected chi connectivity index (χ1v) is 10.5. The molecule has 1 heterocycles. The van der Waals surface area contributed by atoms with Crippen LogP contribution >= 0.6 is 0 Å². The highest BCUT2D eigenvalue weighted by Gasteiger charge is 2.66. The topological polar surface area (TPSA) is 26.3 Å². The van der Waals surface area contributed by atoms with E-state index in [9.17, 15) is 4.79 Å². The molecule has 5 aliphatic rings. The van der Waals surface area contributed by atoms with Crippen molar-refractivity contribution < 1.29 is 9.53 Å². The van der Waals surface area contributed by atoms with E-state index in [-0.39, 0.29) is 11.0 Å². The first-order chi connectivity index (χ1) is 12.0. The van der Waals surface area contributed by atoms with Crippen LogP contribution in [-0.2, 0) is 9.53 Å². The summed E-state index contributed by atoms with van der Waals surface area (Å²) in [5.41, 5.74) is 3.10. The summed E-state index contributed by atoms with van der Waals surface area (Å²) in [6.45, 7) is 10.4. The van der Waals surface area contributed by atoms with Gasteiger partial charge in [0.15, 0.2) is 5.78 Å². The number of rotatable bonds is 0. The average molecular weight is 341 g/mol. The van der Waals surface area contributed by atoms with E-state index >= 15 is 0 Å². The van der Waals surface area contributed by atoms with Crippen LogP contribution < -0.4 is 0 Å². The normalized spacial score (nSPS) is 51.9. The molecule has 7 atom stereocenters. The first-order valence-electron chi connectivity index (χ1n) is 10.5. The standard InChI is InChI=1S/C23H32O2/c1-14-13-22(3)20(8-10-23(22)15(2)9-11-25-23)19-6-4-16-12-17(24)5-7-18(16)21(14)19/h12,14,18-21H,2,4-11,13H2,1,3H3/t14-,18-,19-,20-,21+,22-,23+/m0/s1. The Morgan fingerprint density at radius 2 is 2.04 bits per heavy atom. The van der Waals surface area contributed by atoms with E-state index in [0.29, 0.717) is 11.7 Å². The molecule has 0 aromatic carbocycles. The molecule has 25 heavy (non-hydrogen) atoms. The summed E-state index contributed by atoms with van der Waals surface area (Å²) in [7, 11) is 0. The minimum absolute atomic E-state index is 0.0322. The van der Waals surface area contributed by atoms with E-state index in [1.807, 2.05) is 6.08 Å². The predicted molar refractivity (Wildman–Crippen MR) is 99.1 cm³/mol. The molecule has 1 aliphatic heterocycles. The highest BCUT2D eigenvalue weighted by molar-refractivity contribution is 5.91. The highest BCUT2D eigenvalue weighted by atomic mass is 16.5. The molecule has 0 aromatic rings. The number of hydrogen-bond acceptors (Lipinski definition) is 2. The zero-order valence-corrected chi connectivity index (χ0v) is 15.9. The van der Waals surface area contributed by atoms with E-state index < -0.39 is 0 Å². The minimum Gasteiger partial charge on any atom is -0.370 e. The van der Waals surface area contributed by atoms with Gasteiger partial charge in [-0.15, -0.1) is 0 Å². The molecule has 5 rings (SSSR count). The lowest BCUT2D eigenvalue weighted by molar-refractivity contribution is -0.130. The van der Waals surface area contributed by atoms with Crippen molar-refractivity contribution in [3.05, 3.63) is 23.8 Å². The molecule has 4 aliphatic carbocycles. The molecule has 0 unspecified atom stereocenters. The van der Waals surface area contributed by atoms with Gasteiger partial charge in [-0.2, -0.15) is 0 Å². The zero-order valence-electron chi connectivity index (χ0n) is 15.9. The minimum atomic E-state index is -0.0322. The molecule has 0 bridgehead atoms. The van der Waals surface area contributed by atoms with Crippen molar-refractivity contribution in [1.29, 1.82) is 0 Å². The molecule has 3 saturated carbocycles. The Hall–Kier alpha value is -0.890. The third kappa shape index (κ3) is 1.98. The Morgan fingerprint density at radius 3 is 2.80 bits per heavy atom. The van der Waals surface area contributed by atoms with E-state index in [4.69, 9.17) is 4.74 Å². The molecular formula is C23H32O2. The van der Waals surface area contributed by atoms with Gasteiger partial charge in [-0.25, -0.2) is 0 Å². The second kappa shape index (κ2) is 5.31. The second-order valence-corrected chi connectivity index (χ2v) is 9.88. The van der Waals surface area contributed by atoms with Crippen LogP contribution in [0.4, 0.5) is 0 Å². The molecule has 0 N–H and O–H groups in total. The van der Waals surface area contributed by atoms with Crippen molar-refractivity contribution in [2.45, 2.75) is 70.8 Å². The quantitative estimate of drug-likeness (QED) is 0.574. The SMILES string of the molecule is C=C1CCO[C@]12CC[C@H]1[C@@H]3CCC4=CC(=O)CC[C@@H]4[C@H]3[C@@H](C)C[C@@]12C. The van der Waals surface area contributed by atoms with Crippen molar-refractivity contribution in [2.75, 3.05) is 6.61 Å². The molecule has 1 saturated heterocycles. The van der Waals surface area contributed by atoms with Crippen molar-refractivity contribution in [3.63, 3.8) is 0 Å². The molecule has 0 radical (unpaired) electrons. The largest absolute Gasteiger partial charge is 0.370 e. The first kappa shape index (κ1) is 16.3. The van der Waals surface area contributed by atoms with Gasteiger partial charge in [0.2, 0.25) is 0 Å². The summed E-state index contributed by atoms with van der Waals surface area (Å²) >= 11 is 0. The lowest BCUT2D eigenvalue weighted by atomic mass is 9.47. The monoisotopic (exact) mass is 340 g/mol. The van der Waals surface area contributed by atoms with Gasteiger partial charge in [0.1, 0.15) is 0 Å². The van der Waals surface area contributed by atoms with Crippen LogP contribution in [-0.4, -0.2) is 18.0 Å². The molecule has 0 amide bonds. The van der Waals surface area contributed by atoms with Gasteiger partial charge in [-0.3, -0.25) is 4.79 Å². The van der Waals surface area contributed by atoms with Gasteiger partial charge in [-0.1, -0.05) is 26.0 Å². The Kier molecular flexibility index (Phi) is 3.46. The molecule has 1 spiro atoms. The summed E-state index contributed by atoms with van der Waals surface area (Å²) in [4.78, 5) is 11.9. The van der Waals surface area contributed by atoms with Crippen LogP contribution in [0.5, 0.6) is 0 Å². The molecule has 4 fully saturated rings. The summed E-state index contributed by atoms with van der Waals surface area (Å²) < 4.78 is 6.48. The molecule has 2 nitrogen and oxygen atoms in total. The molecular weight excluding hydrogens is 308 g/mol. The Labute approximate surface area is 152 Å². The predicted octanol–water partition coefficient (Wildman–Crippen LogP) is 5.09. The second-order valence-electron chi connectivity index (χ2n) is 9.88. The maximum atomic E-state index is 11.9. The maximum Gasteiger partial charge on any atom is 0.155 e. The fourth-order valence-corrected chi connectivity index (χ4v) is 8.22. The maximum absolute atomic E-state index is 11.9. The van der Waals surface area contributed by atoms with Crippen LogP contribution in [0.15, 0.2) is 23.8 Å². The van der Waals surface area contributed by atoms with Crippen LogP contribution in [0.1, 0.15) is 65.2 Å². The van der Waals surface area contributed by atoms with E-state index in [1.165, 1.54) is 36.8 Å². The fraction of sp³-hybridized carbons (Fsp3) is 0.783. The van der Waals surface area contributed by atoms with Gasteiger partial charge in [0.25, 0.3) is 0 Å². The van der Waals surface area contributed by atoms with E-state index in [0.717, 1.165) is 56.0 Å². The van der Waals surface area contributed by atoms with Crippen molar-refractivity contribution in [1.82, 2.24) is 0 Å². The van der Waals surface area contributed by atoms with Crippen molar-refractivity contribution in [3.8, 4) is 0 Å². The van der Waals surface area contributed by atoms with Crippen LogP contribution in [0.25, 0.3) is 0 Å². The van der Waals surface area contributed by atoms with Crippen LogP contribution in [0.3, 0.4) is 0 Å². The van der Waals surface area contributed by atoms with Crippen molar-refractivity contribution >= 4 is 5.78 Å². The van der Waals surface area contributed by atoms with Gasteiger partial charge in [-0.05, 0) is 86.2 Å². The van der Waals surface area contributed by atoms with Crippen molar-refractivity contribution in [2.24, 2.45) is 35.0 Å². The fourth-order valence-electron chi connectivity index (χ4n) is 8.22. The van der Waals surface area contributed by atoms with Gasteiger partial charge in [0.05, 0.1) is 12.2 Å². The van der Waals surface area contributed by atoms with Crippen LogP contribution in [0.2, 0.25) is 0 Å². The third-order valence-corrected chi connectivity index (χ3v) is 9.04. The molecule has 2 heteroatoms. The number of fused-ring (bicyclic) bond motifs is 6. The zero-order chi connectivity index (χ0) is 17.4. The average Bonchev–Trinajstić information content (AvgIpc) is 3.09. The molecule has 0 aromatic heterocycles.